The van der Waals surface area contributed by atoms with E-state index in [0.717, 1.165) is 28.2 Å². The van der Waals surface area contributed by atoms with Gasteiger partial charge in [0.05, 0.1) is 12.0 Å². The highest BCUT2D eigenvalue weighted by Gasteiger charge is 2.17. The van der Waals surface area contributed by atoms with Gasteiger partial charge >= 0.3 is 0 Å². The molecule has 0 unspecified atom stereocenters. The minimum Gasteiger partial charge on any atom is -0.272 e. The van der Waals surface area contributed by atoms with E-state index in [4.69, 9.17) is 0 Å². The van der Waals surface area contributed by atoms with Gasteiger partial charge in [-0.25, -0.2) is 5.43 Å². The lowest BCUT2D eigenvalue weighted by Gasteiger charge is -2.11. The molecule has 1 aromatic heterocycles. The van der Waals surface area contributed by atoms with Gasteiger partial charge < -0.3 is 0 Å². The van der Waals surface area contributed by atoms with Crippen LogP contribution in [0, 0.1) is 20.8 Å². The van der Waals surface area contributed by atoms with Crippen LogP contribution in [0.2, 0.25) is 0 Å². The van der Waals surface area contributed by atoms with E-state index in [0.29, 0.717) is 5.16 Å². The maximum absolute atomic E-state index is 12.4. The smallest absolute Gasteiger partial charge is 0.250 e. The first-order chi connectivity index (χ1) is 16.0. The van der Waals surface area contributed by atoms with Crippen molar-refractivity contribution in [2.75, 3.05) is 5.75 Å². The first kappa shape index (κ1) is 22.5. The van der Waals surface area contributed by atoms with Gasteiger partial charge in [-0.05, 0) is 44.0 Å². The van der Waals surface area contributed by atoms with Gasteiger partial charge in [0.15, 0.2) is 11.0 Å². The number of benzene rings is 3. The molecule has 0 atom stereocenters. The molecule has 4 aromatic rings. The van der Waals surface area contributed by atoms with Crippen LogP contribution in [0.15, 0.2) is 83.1 Å². The molecule has 0 aliphatic rings. The van der Waals surface area contributed by atoms with Crippen LogP contribution in [-0.2, 0) is 4.79 Å². The van der Waals surface area contributed by atoms with Crippen LogP contribution in [0.3, 0.4) is 0 Å². The summed E-state index contributed by atoms with van der Waals surface area (Å²) in [5.41, 5.74) is 8.91. The van der Waals surface area contributed by atoms with Gasteiger partial charge in [-0.2, -0.15) is 5.10 Å². The van der Waals surface area contributed by atoms with E-state index in [2.05, 4.69) is 51.9 Å². The Balaban J connectivity index is 1.52. The molecule has 0 saturated carbocycles. The summed E-state index contributed by atoms with van der Waals surface area (Å²) in [6.45, 7) is 6.10. The van der Waals surface area contributed by atoms with Gasteiger partial charge in [-0.15, -0.1) is 10.2 Å². The Morgan fingerprint density at radius 3 is 2.30 bits per heavy atom. The molecule has 0 radical (unpaired) electrons. The average Bonchev–Trinajstić information content (AvgIpc) is 3.24. The number of aromatic nitrogens is 3. The molecule has 0 saturated heterocycles. The van der Waals surface area contributed by atoms with Crippen molar-refractivity contribution in [3.63, 3.8) is 0 Å². The molecule has 0 bridgehead atoms. The van der Waals surface area contributed by atoms with E-state index in [1.807, 2.05) is 66.9 Å². The minimum atomic E-state index is -0.208. The zero-order chi connectivity index (χ0) is 23.2. The third-order valence-electron chi connectivity index (χ3n) is 5.15. The van der Waals surface area contributed by atoms with Crippen molar-refractivity contribution < 1.29 is 4.79 Å². The van der Waals surface area contributed by atoms with Crippen LogP contribution in [0.25, 0.3) is 17.1 Å². The Morgan fingerprint density at radius 2 is 1.61 bits per heavy atom. The maximum atomic E-state index is 12.4. The zero-order valence-electron chi connectivity index (χ0n) is 18.8. The number of carbonyl (C=O) groups is 1. The summed E-state index contributed by atoms with van der Waals surface area (Å²) < 4.78 is 1.98. The van der Waals surface area contributed by atoms with Gasteiger partial charge in [0, 0.05) is 11.3 Å². The summed E-state index contributed by atoms with van der Waals surface area (Å²) in [6, 6.07) is 24.2. The van der Waals surface area contributed by atoms with E-state index >= 15 is 0 Å². The van der Waals surface area contributed by atoms with E-state index in [1.165, 1.54) is 22.9 Å². The number of hydrazone groups is 1. The van der Waals surface area contributed by atoms with E-state index in [-0.39, 0.29) is 11.7 Å². The molecule has 7 heteroatoms. The first-order valence-electron chi connectivity index (χ1n) is 10.6. The highest BCUT2D eigenvalue weighted by atomic mass is 32.2. The largest absolute Gasteiger partial charge is 0.272 e. The Kier molecular flexibility index (Phi) is 7.00. The van der Waals surface area contributed by atoms with Crippen LogP contribution in [0.1, 0.15) is 22.3 Å². The Hall–Kier alpha value is -3.71. The van der Waals surface area contributed by atoms with E-state index in [1.54, 1.807) is 6.21 Å². The lowest BCUT2D eigenvalue weighted by atomic mass is 10.1. The Morgan fingerprint density at radius 1 is 0.939 bits per heavy atom. The van der Waals surface area contributed by atoms with Crippen molar-refractivity contribution in [2.24, 2.45) is 5.10 Å². The lowest BCUT2D eigenvalue weighted by molar-refractivity contribution is -0.118. The van der Waals surface area contributed by atoms with Gasteiger partial charge in [-0.1, -0.05) is 83.6 Å². The van der Waals surface area contributed by atoms with Crippen molar-refractivity contribution in [3.8, 4) is 17.1 Å². The summed E-state index contributed by atoms with van der Waals surface area (Å²) >= 11 is 1.33. The molecule has 3 aromatic carbocycles. The number of carbonyl (C=O) groups excluding carboxylic acids is 1. The average molecular weight is 456 g/mol. The Labute approximate surface area is 197 Å². The highest BCUT2D eigenvalue weighted by Crippen LogP contribution is 2.28. The molecule has 33 heavy (non-hydrogen) atoms. The van der Waals surface area contributed by atoms with Crippen molar-refractivity contribution in [1.82, 2.24) is 20.2 Å². The number of nitrogens with zero attached hydrogens (tertiary/aromatic N) is 4. The molecule has 166 valence electrons. The summed E-state index contributed by atoms with van der Waals surface area (Å²) in [6.07, 6.45) is 1.65. The number of amides is 1. The summed E-state index contributed by atoms with van der Waals surface area (Å²) in [4.78, 5) is 12.4. The van der Waals surface area contributed by atoms with Crippen molar-refractivity contribution in [3.05, 3.63) is 95.1 Å². The molecule has 0 fully saturated rings. The molecule has 1 amide bonds. The summed E-state index contributed by atoms with van der Waals surface area (Å²) in [7, 11) is 0. The molecular formula is C26H25N5OS. The normalized spacial score (nSPS) is 11.1. The van der Waals surface area contributed by atoms with Gasteiger partial charge in [0.1, 0.15) is 0 Å². The maximum Gasteiger partial charge on any atom is 0.250 e. The molecule has 4 rings (SSSR count). The lowest BCUT2D eigenvalue weighted by Crippen LogP contribution is -2.20. The molecule has 6 nitrogen and oxygen atoms in total. The molecule has 0 aliphatic heterocycles. The quantitative estimate of drug-likeness (QED) is 0.239. The van der Waals surface area contributed by atoms with Crippen LogP contribution in [0.4, 0.5) is 0 Å². The van der Waals surface area contributed by atoms with Crippen LogP contribution in [-0.4, -0.2) is 32.6 Å². The second kappa shape index (κ2) is 10.3. The van der Waals surface area contributed by atoms with Crippen LogP contribution in [0.5, 0.6) is 0 Å². The number of aryl methyl sites for hydroxylation is 3. The third kappa shape index (κ3) is 5.56. The van der Waals surface area contributed by atoms with Gasteiger partial charge in [-0.3, -0.25) is 9.36 Å². The number of nitrogens with one attached hydrogen (secondary N) is 1. The van der Waals surface area contributed by atoms with Gasteiger partial charge in [0.25, 0.3) is 5.91 Å². The zero-order valence-corrected chi connectivity index (χ0v) is 19.6. The fourth-order valence-corrected chi connectivity index (χ4v) is 3.99. The van der Waals surface area contributed by atoms with Crippen LogP contribution >= 0.6 is 11.8 Å². The molecule has 1 heterocycles. The first-order valence-corrected chi connectivity index (χ1v) is 11.6. The number of rotatable bonds is 7. The Bertz CT molecular complexity index is 1280. The minimum absolute atomic E-state index is 0.170. The van der Waals surface area contributed by atoms with Crippen molar-refractivity contribution >= 4 is 23.9 Å². The number of thioether (sulfide) groups is 1. The SMILES string of the molecule is Cc1ccc(-c2nnc(SCC(=O)N/N=C\c3ccccc3C)n2-c2ccc(C)cc2)cc1. The topological polar surface area (TPSA) is 72.2 Å². The third-order valence-corrected chi connectivity index (χ3v) is 6.08. The number of hydrogen-bond acceptors (Lipinski definition) is 5. The van der Waals surface area contributed by atoms with Crippen molar-refractivity contribution in [1.29, 1.82) is 0 Å². The van der Waals surface area contributed by atoms with E-state index in [9.17, 15) is 4.79 Å². The van der Waals surface area contributed by atoms with Gasteiger partial charge in [0.2, 0.25) is 0 Å². The molecule has 0 spiro atoms. The molecular weight excluding hydrogens is 430 g/mol. The predicted molar refractivity (Wildman–Crippen MR) is 134 cm³/mol. The molecule has 1 N–H and O–H groups in total. The second-order valence-electron chi connectivity index (χ2n) is 7.78. The van der Waals surface area contributed by atoms with E-state index < -0.39 is 0 Å². The second-order valence-corrected chi connectivity index (χ2v) is 8.72. The van der Waals surface area contributed by atoms with Crippen LogP contribution < -0.4 is 5.43 Å². The standard InChI is InChI=1S/C26H25N5OS/c1-18-8-12-21(13-9-18)25-29-30-26(31(25)23-14-10-19(2)11-15-23)33-17-24(32)28-27-16-22-7-5-4-6-20(22)3/h4-16H,17H2,1-3H3,(H,28,32)/b27-16-. The monoisotopic (exact) mass is 455 g/mol. The molecule has 0 aliphatic carbocycles. The summed E-state index contributed by atoms with van der Waals surface area (Å²) in [5, 5.41) is 13.5. The predicted octanol–water partition coefficient (Wildman–Crippen LogP) is 5.10. The fraction of sp³-hybridized carbons (Fsp3) is 0.154. The van der Waals surface area contributed by atoms with Crippen molar-refractivity contribution in [2.45, 2.75) is 25.9 Å². The highest BCUT2D eigenvalue weighted by molar-refractivity contribution is 7.99. The summed E-state index contributed by atoms with van der Waals surface area (Å²) in [5.74, 6) is 0.697. The number of hydrogen-bond donors (Lipinski definition) is 1. The fourth-order valence-electron chi connectivity index (χ4n) is 3.25.